The molecule has 2 heterocycles. The van der Waals surface area contributed by atoms with Crippen LogP contribution in [0.25, 0.3) is 0 Å². The number of epoxide rings is 1. The number of hydrogen-bond donors (Lipinski definition) is 0. The highest BCUT2D eigenvalue weighted by atomic mass is 32.2. The van der Waals surface area contributed by atoms with Crippen molar-refractivity contribution in [3.8, 4) is 0 Å². The molecule has 0 aromatic heterocycles. The molecule has 1 spiro atoms. The Labute approximate surface area is 57.0 Å². The molecule has 0 aliphatic carbocycles. The molecule has 0 saturated carbocycles. The molecule has 0 bridgehead atoms. The Morgan fingerprint density at radius 1 is 1.33 bits per heavy atom. The zero-order valence-electron chi connectivity index (χ0n) is 5.26. The monoisotopic (exact) mass is 146 g/mol. The second-order valence-corrected chi connectivity index (χ2v) is 4.52. The summed E-state index contributed by atoms with van der Waals surface area (Å²) in [5, 5.41) is 0. The van der Waals surface area contributed by atoms with Gasteiger partial charge in [0.15, 0.2) is 0 Å². The van der Waals surface area contributed by atoms with Crippen LogP contribution in [0.3, 0.4) is 0 Å². The van der Waals surface area contributed by atoms with Gasteiger partial charge in [0.25, 0.3) is 0 Å². The smallest absolute Gasteiger partial charge is 0.0934 e. The first-order valence-electron chi connectivity index (χ1n) is 3.30. The Kier molecular flexibility index (Phi) is 1.17. The predicted octanol–water partition coefficient (Wildman–Crippen LogP) is 0.298. The van der Waals surface area contributed by atoms with Crippen LogP contribution < -0.4 is 0 Å². The Morgan fingerprint density at radius 2 is 1.89 bits per heavy atom. The van der Waals surface area contributed by atoms with Gasteiger partial charge in [-0.15, -0.1) is 0 Å². The zero-order valence-corrected chi connectivity index (χ0v) is 6.08. The third-order valence-electron chi connectivity index (χ3n) is 2.12. The molecule has 2 aliphatic heterocycles. The second-order valence-electron chi connectivity index (χ2n) is 2.82. The third kappa shape index (κ3) is 1.03. The van der Waals surface area contributed by atoms with E-state index in [1.54, 1.807) is 0 Å². The molecule has 52 valence electrons. The molecule has 2 saturated heterocycles. The maximum absolute atomic E-state index is 10.8. The molecule has 2 nitrogen and oxygen atoms in total. The van der Waals surface area contributed by atoms with Crippen LogP contribution in [0.15, 0.2) is 0 Å². The molecule has 0 aromatic rings. The number of ether oxygens (including phenoxy) is 1. The highest BCUT2D eigenvalue weighted by Crippen LogP contribution is 2.37. The number of rotatable bonds is 0. The summed E-state index contributed by atoms with van der Waals surface area (Å²) in [6.07, 6.45) is 2.05. The Bertz CT molecular complexity index is 139. The molecule has 0 unspecified atom stereocenters. The van der Waals surface area contributed by atoms with E-state index in [1.165, 1.54) is 0 Å². The molecule has 9 heavy (non-hydrogen) atoms. The van der Waals surface area contributed by atoms with Crippen LogP contribution in [0.4, 0.5) is 0 Å². The molecule has 0 atom stereocenters. The van der Waals surface area contributed by atoms with Crippen LogP contribution >= 0.6 is 0 Å². The second kappa shape index (κ2) is 1.80. The summed E-state index contributed by atoms with van der Waals surface area (Å²) in [5.41, 5.74) is 0.216. The average molecular weight is 146 g/mol. The van der Waals surface area contributed by atoms with E-state index in [4.69, 9.17) is 4.74 Å². The molecule has 2 rings (SSSR count). The van der Waals surface area contributed by atoms with E-state index < -0.39 is 10.8 Å². The van der Waals surface area contributed by atoms with Crippen LogP contribution in [0.5, 0.6) is 0 Å². The lowest BCUT2D eigenvalue weighted by Crippen LogP contribution is -2.25. The molecular weight excluding hydrogens is 136 g/mol. The first-order valence-corrected chi connectivity index (χ1v) is 4.79. The first-order chi connectivity index (χ1) is 4.31. The molecule has 3 heteroatoms. The van der Waals surface area contributed by atoms with Gasteiger partial charge < -0.3 is 4.74 Å². The fourth-order valence-electron chi connectivity index (χ4n) is 1.22. The third-order valence-corrected chi connectivity index (χ3v) is 3.44. The minimum absolute atomic E-state index is 0.216. The van der Waals surface area contributed by atoms with Gasteiger partial charge >= 0.3 is 0 Å². The Balaban J connectivity index is 1.98. The maximum atomic E-state index is 10.8. The standard InChI is InChI=1S/C6H10O2S/c7-9-3-1-6(2-4-9)5-8-6/h1-5H2. The van der Waals surface area contributed by atoms with E-state index in [2.05, 4.69) is 0 Å². The van der Waals surface area contributed by atoms with E-state index in [0.717, 1.165) is 31.0 Å². The van der Waals surface area contributed by atoms with Crippen molar-refractivity contribution in [2.45, 2.75) is 18.4 Å². The summed E-state index contributed by atoms with van der Waals surface area (Å²) >= 11 is 0. The SMILES string of the molecule is O=S1CCC2(CC1)CO2. The Hall–Kier alpha value is 0.110. The van der Waals surface area contributed by atoms with Crippen molar-refractivity contribution in [3.63, 3.8) is 0 Å². The van der Waals surface area contributed by atoms with E-state index in [9.17, 15) is 4.21 Å². The van der Waals surface area contributed by atoms with Crippen molar-refractivity contribution in [1.82, 2.24) is 0 Å². The van der Waals surface area contributed by atoms with Gasteiger partial charge in [-0.05, 0) is 12.8 Å². The van der Waals surface area contributed by atoms with Gasteiger partial charge in [-0.2, -0.15) is 0 Å². The van der Waals surface area contributed by atoms with Gasteiger partial charge in [0, 0.05) is 22.3 Å². The summed E-state index contributed by atoms with van der Waals surface area (Å²) in [6.45, 7) is 0.921. The van der Waals surface area contributed by atoms with Gasteiger partial charge in [-0.3, -0.25) is 4.21 Å². The van der Waals surface area contributed by atoms with Gasteiger partial charge in [-0.25, -0.2) is 0 Å². The van der Waals surface area contributed by atoms with E-state index in [0.29, 0.717) is 0 Å². The molecule has 0 aromatic carbocycles. The fraction of sp³-hybridized carbons (Fsp3) is 1.00. The quantitative estimate of drug-likeness (QED) is 0.460. The van der Waals surface area contributed by atoms with Crippen LogP contribution in [0.1, 0.15) is 12.8 Å². The van der Waals surface area contributed by atoms with Crippen molar-refractivity contribution < 1.29 is 8.95 Å². The first kappa shape index (κ1) is 5.86. The van der Waals surface area contributed by atoms with Crippen LogP contribution in [-0.2, 0) is 15.5 Å². The highest BCUT2D eigenvalue weighted by Gasteiger charge is 2.46. The largest absolute Gasteiger partial charge is 0.370 e. The minimum atomic E-state index is -0.527. The van der Waals surface area contributed by atoms with Gasteiger partial charge in [0.2, 0.25) is 0 Å². The van der Waals surface area contributed by atoms with Gasteiger partial charge in [-0.1, -0.05) is 0 Å². The van der Waals surface area contributed by atoms with Crippen molar-refractivity contribution in [2.75, 3.05) is 18.1 Å². The van der Waals surface area contributed by atoms with Crippen molar-refractivity contribution in [2.24, 2.45) is 0 Å². The van der Waals surface area contributed by atoms with Gasteiger partial charge in [0.05, 0.1) is 12.2 Å². The maximum Gasteiger partial charge on any atom is 0.0934 e. The lowest BCUT2D eigenvalue weighted by molar-refractivity contribution is 0.286. The summed E-state index contributed by atoms with van der Waals surface area (Å²) in [6, 6.07) is 0. The van der Waals surface area contributed by atoms with E-state index in [-0.39, 0.29) is 5.60 Å². The van der Waals surface area contributed by atoms with Crippen molar-refractivity contribution >= 4 is 10.8 Å². The number of hydrogen-bond acceptors (Lipinski definition) is 2. The summed E-state index contributed by atoms with van der Waals surface area (Å²) in [4.78, 5) is 0. The van der Waals surface area contributed by atoms with E-state index in [1.807, 2.05) is 0 Å². The summed E-state index contributed by atoms with van der Waals surface area (Å²) in [5.74, 6) is 1.72. The topological polar surface area (TPSA) is 29.6 Å². The van der Waals surface area contributed by atoms with Crippen LogP contribution in [0, 0.1) is 0 Å². The summed E-state index contributed by atoms with van der Waals surface area (Å²) < 4.78 is 16.1. The molecule has 0 N–H and O–H groups in total. The summed E-state index contributed by atoms with van der Waals surface area (Å²) in [7, 11) is -0.527. The minimum Gasteiger partial charge on any atom is -0.370 e. The van der Waals surface area contributed by atoms with Gasteiger partial charge in [0.1, 0.15) is 0 Å². The fourth-order valence-corrected chi connectivity index (χ4v) is 2.62. The van der Waals surface area contributed by atoms with Crippen molar-refractivity contribution in [3.05, 3.63) is 0 Å². The van der Waals surface area contributed by atoms with E-state index >= 15 is 0 Å². The van der Waals surface area contributed by atoms with Crippen molar-refractivity contribution in [1.29, 1.82) is 0 Å². The molecule has 2 fully saturated rings. The molecule has 0 radical (unpaired) electrons. The highest BCUT2D eigenvalue weighted by molar-refractivity contribution is 7.85. The lowest BCUT2D eigenvalue weighted by atomic mass is 10.1. The molecule has 2 aliphatic rings. The lowest BCUT2D eigenvalue weighted by Gasteiger charge is -2.16. The van der Waals surface area contributed by atoms with Crippen LogP contribution in [-0.4, -0.2) is 27.9 Å². The van der Waals surface area contributed by atoms with Crippen LogP contribution in [0.2, 0.25) is 0 Å². The Morgan fingerprint density at radius 3 is 2.33 bits per heavy atom. The molecular formula is C6H10O2S. The zero-order chi connectivity index (χ0) is 6.32. The molecule has 0 amide bonds. The average Bonchev–Trinajstić information content (AvgIpc) is 2.60. The normalized spacial score (nSPS) is 49.6. The predicted molar refractivity (Wildman–Crippen MR) is 35.8 cm³/mol.